The quantitative estimate of drug-likeness (QED) is 0.913. The van der Waals surface area contributed by atoms with Crippen molar-refractivity contribution < 1.29 is 0 Å². The molecule has 1 N–H and O–H groups in total. The van der Waals surface area contributed by atoms with E-state index >= 15 is 0 Å². The molecule has 3 heteroatoms. The minimum atomic E-state index is 0.497. The van der Waals surface area contributed by atoms with Crippen LogP contribution in [0, 0.1) is 19.8 Å². The highest BCUT2D eigenvalue weighted by Gasteiger charge is 2.26. The maximum absolute atomic E-state index is 4.91. The fourth-order valence-corrected chi connectivity index (χ4v) is 3.19. The third-order valence-electron chi connectivity index (χ3n) is 4.53. The van der Waals surface area contributed by atoms with Gasteiger partial charge in [-0.25, -0.2) is 4.98 Å². The van der Waals surface area contributed by atoms with Crippen LogP contribution in [-0.4, -0.2) is 23.6 Å². The molecular formula is C18H31N3. The molecule has 2 rings (SSSR count). The van der Waals surface area contributed by atoms with Gasteiger partial charge in [-0.3, -0.25) is 0 Å². The maximum atomic E-state index is 4.91. The summed E-state index contributed by atoms with van der Waals surface area (Å²) in [4.78, 5) is 7.44. The standard InChI is InChI=1S/C18H31N3/c1-12(2)19-10-17-14(4)9-15(5)20-18(17)21-11-13(3)7-8-16(21)6/h9,12-13,16,19H,7-8,10-11H2,1-6H3. The number of rotatable bonds is 4. The number of anilines is 1. The van der Waals surface area contributed by atoms with E-state index in [1.165, 1.54) is 29.8 Å². The molecule has 2 unspecified atom stereocenters. The molecule has 0 radical (unpaired) electrons. The topological polar surface area (TPSA) is 28.2 Å². The highest BCUT2D eigenvalue weighted by atomic mass is 15.2. The fourth-order valence-electron chi connectivity index (χ4n) is 3.19. The van der Waals surface area contributed by atoms with Gasteiger partial charge in [0.05, 0.1) is 0 Å². The van der Waals surface area contributed by atoms with Gasteiger partial charge in [-0.2, -0.15) is 0 Å². The monoisotopic (exact) mass is 289 g/mol. The van der Waals surface area contributed by atoms with E-state index in [1.54, 1.807) is 0 Å². The average Bonchev–Trinajstić information content (AvgIpc) is 2.39. The number of piperidine rings is 1. The Hall–Kier alpha value is -1.09. The Morgan fingerprint density at radius 3 is 2.67 bits per heavy atom. The molecule has 21 heavy (non-hydrogen) atoms. The molecule has 1 aromatic heterocycles. The van der Waals surface area contributed by atoms with Crippen LogP contribution < -0.4 is 10.2 Å². The summed E-state index contributed by atoms with van der Waals surface area (Å²) in [5, 5.41) is 3.56. The average molecular weight is 289 g/mol. The molecule has 0 aliphatic carbocycles. The Morgan fingerprint density at radius 2 is 2.00 bits per heavy atom. The summed E-state index contributed by atoms with van der Waals surface area (Å²) in [7, 11) is 0. The van der Waals surface area contributed by atoms with E-state index in [1.807, 2.05) is 0 Å². The van der Waals surface area contributed by atoms with Crippen molar-refractivity contribution in [3.63, 3.8) is 0 Å². The number of hydrogen-bond acceptors (Lipinski definition) is 3. The molecular weight excluding hydrogens is 258 g/mol. The van der Waals surface area contributed by atoms with Gasteiger partial charge in [0.25, 0.3) is 0 Å². The summed E-state index contributed by atoms with van der Waals surface area (Å²) in [5.41, 5.74) is 3.85. The van der Waals surface area contributed by atoms with Crippen molar-refractivity contribution in [2.75, 3.05) is 11.4 Å². The van der Waals surface area contributed by atoms with Crippen LogP contribution in [0.2, 0.25) is 0 Å². The van der Waals surface area contributed by atoms with Crippen molar-refractivity contribution in [2.45, 2.75) is 73.0 Å². The van der Waals surface area contributed by atoms with Crippen LogP contribution in [0.5, 0.6) is 0 Å². The molecule has 1 aliphatic heterocycles. The van der Waals surface area contributed by atoms with Crippen LogP contribution in [0.3, 0.4) is 0 Å². The molecule has 0 amide bonds. The van der Waals surface area contributed by atoms with E-state index in [0.29, 0.717) is 12.1 Å². The molecule has 1 aliphatic rings. The zero-order valence-corrected chi connectivity index (χ0v) is 14.5. The first kappa shape index (κ1) is 16.3. The van der Waals surface area contributed by atoms with Gasteiger partial charge in [0.15, 0.2) is 0 Å². The van der Waals surface area contributed by atoms with Gasteiger partial charge in [-0.05, 0) is 51.2 Å². The van der Waals surface area contributed by atoms with Crippen molar-refractivity contribution in [3.05, 3.63) is 22.9 Å². The van der Waals surface area contributed by atoms with Crippen molar-refractivity contribution in [1.29, 1.82) is 0 Å². The zero-order chi connectivity index (χ0) is 15.6. The highest BCUT2D eigenvalue weighted by molar-refractivity contribution is 5.52. The lowest BCUT2D eigenvalue weighted by Crippen LogP contribution is -2.42. The van der Waals surface area contributed by atoms with Crippen molar-refractivity contribution >= 4 is 5.82 Å². The van der Waals surface area contributed by atoms with E-state index in [9.17, 15) is 0 Å². The van der Waals surface area contributed by atoms with Gasteiger partial charge < -0.3 is 10.2 Å². The largest absolute Gasteiger partial charge is 0.353 e. The number of aryl methyl sites for hydroxylation is 2. The summed E-state index contributed by atoms with van der Waals surface area (Å²) < 4.78 is 0. The summed E-state index contributed by atoms with van der Waals surface area (Å²) in [6, 6.07) is 3.29. The van der Waals surface area contributed by atoms with E-state index in [-0.39, 0.29) is 0 Å². The van der Waals surface area contributed by atoms with Crippen LogP contribution in [0.15, 0.2) is 6.07 Å². The molecule has 0 saturated carbocycles. The lowest BCUT2D eigenvalue weighted by atomic mass is 9.94. The first-order chi connectivity index (χ1) is 9.88. The SMILES string of the molecule is Cc1cc(C)c(CNC(C)C)c(N2CC(C)CCC2C)n1. The summed E-state index contributed by atoms with van der Waals surface area (Å²) in [6.07, 6.45) is 2.61. The number of nitrogens with zero attached hydrogens (tertiary/aromatic N) is 2. The lowest BCUT2D eigenvalue weighted by molar-refractivity contribution is 0.386. The maximum Gasteiger partial charge on any atom is 0.133 e. The van der Waals surface area contributed by atoms with E-state index in [2.05, 4.69) is 57.8 Å². The normalized spacial score (nSPS) is 22.9. The molecule has 0 bridgehead atoms. The van der Waals surface area contributed by atoms with Crippen molar-refractivity contribution in [1.82, 2.24) is 10.3 Å². The second-order valence-corrected chi connectivity index (χ2v) is 7.10. The Labute approximate surface area is 130 Å². The predicted octanol–water partition coefficient (Wildman–Crippen LogP) is 3.82. The van der Waals surface area contributed by atoms with Gasteiger partial charge in [-0.15, -0.1) is 0 Å². The Bertz CT molecular complexity index is 482. The van der Waals surface area contributed by atoms with Crippen molar-refractivity contribution in [3.8, 4) is 0 Å². The number of pyridine rings is 1. The summed E-state index contributed by atoms with van der Waals surface area (Å²) >= 11 is 0. The third kappa shape index (κ3) is 3.97. The zero-order valence-electron chi connectivity index (χ0n) is 14.5. The molecule has 1 fully saturated rings. The van der Waals surface area contributed by atoms with Crippen molar-refractivity contribution in [2.24, 2.45) is 5.92 Å². The number of nitrogens with one attached hydrogen (secondary N) is 1. The number of aromatic nitrogens is 1. The van der Waals surface area contributed by atoms with Crippen LogP contribution in [-0.2, 0) is 6.54 Å². The Morgan fingerprint density at radius 1 is 1.29 bits per heavy atom. The van der Waals surface area contributed by atoms with Crippen LogP contribution in [0.4, 0.5) is 5.82 Å². The van der Waals surface area contributed by atoms with Crippen LogP contribution in [0.1, 0.15) is 57.4 Å². The summed E-state index contributed by atoms with van der Waals surface area (Å²) in [5.74, 6) is 1.97. The van der Waals surface area contributed by atoms with Crippen LogP contribution in [0.25, 0.3) is 0 Å². The highest BCUT2D eigenvalue weighted by Crippen LogP contribution is 2.30. The minimum absolute atomic E-state index is 0.497. The third-order valence-corrected chi connectivity index (χ3v) is 4.53. The van der Waals surface area contributed by atoms with E-state index < -0.39 is 0 Å². The van der Waals surface area contributed by atoms with Gasteiger partial charge >= 0.3 is 0 Å². The molecule has 1 saturated heterocycles. The first-order valence-corrected chi connectivity index (χ1v) is 8.35. The van der Waals surface area contributed by atoms with Crippen LogP contribution >= 0.6 is 0 Å². The lowest BCUT2D eigenvalue weighted by Gasteiger charge is -2.39. The number of hydrogen-bond donors (Lipinski definition) is 1. The second-order valence-electron chi connectivity index (χ2n) is 7.10. The predicted molar refractivity (Wildman–Crippen MR) is 90.9 cm³/mol. The van der Waals surface area contributed by atoms with Gasteiger partial charge in [0.1, 0.15) is 5.82 Å². The Kier molecular flexibility index (Phi) is 5.26. The molecule has 0 spiro atoms. The molecule has 1 aromatic rings. The Balaban J connectivity index is 2.35. The van der Waals surface area contributed by atoms with Gasteiger partial charge in [0.2, 0.25) is 0 Å². The molecule has 3 nitrogen and oxygen atoms in total. The van der Waals surface area contributed by atoms with Gasteiger partial charge in [-0.1, -0.05) is 20.8 Å². The van der Waals surface area contributed by atoms with Gasteiger partial charge in [0, 0.05) is 36.4 Å². The van der Waals surface area contributed by atoms with E-state index in [4.69, 9.17) is 4.98 Å². The smallest absolute Gasteiger partial charge is 0.133 e. The first-order valence-electron chi connectivity index (χ1n) is 8.35. The molecule has 2 heterocycles. The molecule has 118 valence electrons. The fraction of sp³-hybridized carbons (Fsp3) is 0.722. The van der Waals surface area contributed by atoms with E-state index in [0.717, 1.165) is 24.7 Å². The summed E-state index contributed by atoms with van der Waals surface area (Å²) in [6.45, 7) is 15.4. The molecule has 2 atom stereocenters. The minimum Gasteiger partial charge on any atom is -0.353 e. The molecule has 0 aromatic carbocycles. The second kappa shape index (κ2) is 6.78.